The smallest absolute Gasteiger partial charge is 0.268 e. The van der Waals surface area contributed by atoms with Gasteiger partial charge in [-0.25, -0.2) is 4.90 Å². The van der Waals surface area contributed by atoms with Gasteiger partial charge in [0.15, 0.2) is 0 Å². The topological polar surface area (TPSA) is 297 Å². The van der Waals surface area contributed by atoms with Gasteiger partial charge in [-0.05, 0) is 0 Å². The first-order valence-corrected chi connectivity index (χ1v) is 11.6. The summed E-state index contributed by atoms with van der Waals surface area (Å²) in [6.45, 7) is 0. The highest BCUT2D eigenvalue weighted by Gasteiger charge is 2.60. The third-order valence-electron chi connectivity index (χ3n) is 7.45. The molecule has 16 nitrogen and oxygen atoms in total. The first-order chi connectivity index (χ1) is 16.9. The van der Waals surface area contributed by atoms with Crippen molar-refractivity contribution in [2.45, 2.75) is 110 Å². The van der Waals surface area contributed by atoms with Gasteiger partial charge in [0.05, 0.1) is 36.6 Å². The molecule has 16 heteroatoms. The monoisotopic (exact) mass is 539 g/mol. The Morgan fingerprint density at radius 3 is 0.757 bits per heavy atom. The van der Waals surface area contributed by atoms with E-state index in [0.717, 1.165) is 0 Å². The van der Waals surface area contributed by atoms with Crippen molar-refractivity contribution in [3.05, 3.63) is 0 Å². The molecule has 6 atom stereocenters. The molecule has 0 bridgehead atoms. The number of hydrogen-bond acceptors (Lipinski definition) is 15. The third-order valence-corrected chi connectivity index (χ3v) is 7.45. The van der Waals surface area contributed by atoms with E-state index in [1.165, 1.54) is 0 Å². The molecule has 0 spiro atoms. The Morgan fingerprint density at radius 2 is 0.595 bits per heavy atom. The summed E-state index contributed by atoms with van der Waals surface area (Å²) in [6, 6.07) is 0. The lowest BCUT2D eigenvalue weighted by atomic mass is 9.75. The van der Waals surface area contributed by atoms with Crippen LogP contribution in [0.15, 0.2) is 0 Å². The summed E-state index contributed by atoms with van der Waals surface area (Å²) < 4.78 is 0. The number of aliphatic hydroxyl groups is 12. The Hall–Kier alpha value is -1.67. The van der Waals surface area contributed by atoms with E-state index in [0.29, 0.717) is 0 Å². The number of imide groups is 3. The van der Waals surface area contributed by atoms with Crippen molar-refractivity contribution in [1.29, 1.82) is 0 Å². The fraction of sp³-hybridized carbons (Fsp3) is 0.857. The number of aliphatic hydroxyl groups excluding tert-OH is 9. The Balaban J connectivity index is 2.06. The van der Waals surface area contributed by atoms with Gasteiger partial charge < -0.3 is 61.3 Å². The van der Waals surface area contributed by atoms with Crippen LogP contribution in [0.5, 0.6) is 0 Å². The molecule has 0 aromatic carbocycles. The normalized spacial score (nSPS) is 48.8. The van der Waals surface area contributed by atoms with Gasteiger partial charge in [-0.1, -0.05) is 0 Å². The van der Waals surface area contributed by atoms with Crippen LogP contribution >= 0.6 is 0 Å². The fourth-order valence-electron chi connectivity index (χ4n) is 5.24. The predicted molar refractivity (Wildman–Crippen MR) is 113 cm³/mol. The van der Waals surface area contributed by atoms with Crippen LogP contribution in [-0.4, -0.2) is 156 Å². The summed E-state index contributed by atoms with van der Waals surface area (Å²) in [4.78, 5) is 40.0. The molecule has 0 heterocycles. The molecule has 3 rings (SSSR count). The molecule has 3 amide bonds. The lowest BCUT2D eigenvalue weighted by molar-refractivity contribution is -0.205. The Bertz CT molecular complexity index is 762. The molecule has 3 saturated carbocycles. The van der Waals surface area contributed by atoms with E-state index < -0.39 is 133 Å². The summed E-state index contributed by atoms with van der Waals surface area (Å²) in [6.07, 6.45) is -23.0. The molecule has 3 aliphatic carbocycles. The molecule has 0 unspecified atom stereocenters. The third kappa shape index (κ3) is 5.29. The van der Waals surface area contributed by atoms with E-state index >= 15 is 0 Å². The second-order valence-electron chi connectivity index (χ2n) is 10.4. The SMILES string of the molecule is O=C(N(C(=O)C1(O)C[C@@H](O)C(O)[C@H](O)C1)C(=O)C1(O)C[C@@H](O)C(O)[C@H](O)C1)C1(O)C[C@@H](O)C(O)[C@H](O)C1. The molecule has 37 heavy (non-hydrogen) atoms. The maximum atomic E-state index is 13.5. The van der Waals surface area contributed by atoms with Gasteiger partial charge in [-0.3, -0.25) is 14.4 Å². The van der Waals surface area contributed by atoms with Gasteiger partial charge in [-0.2, -0.15) is 0 Å². The minimum atomic E-state index is -2.92. The van der Waals surface area contributed by atoms with Gasteiger partial charge in [0.1, 0.15) is 35.1 Å². The van der Waals surface area contributed by atoms with E-state index in [1.54, 1.807) is 0 Å². The van der Waals surface area contributed by atoms with Crippen molar-refractivity contribution in [2.75, 3.05) is 0 Å². The molecule has 0 saturated heterocycles. The minimum absolute atomic E-state index is 0.425. The van der Waals surface area contributed by atoms with Gasteiger partial charge in [0.2, 0.25) is 0 Å². The highest BCUT2D eigenvalue weighted by Crippen LogP contribution is 2.38. The molecule has 0 radical (unpaired) electrons. The molecular formula is C21H33NO15. The molecular weight excluding hydrogens is 506 g/mol. The first kappa shape index (κ1) is 29.9. The molecule has 3 fully saturated rings. The second-order valence-corrected chi connectivity index (χ2v) is 10.4. The highest BCUT2D eigenvalue weighted by atomic mass is 16.4. The number of nitrogens with zero attached hydrogens (tertiary/aromatic N) is 1. The summed E-state index contributed by atoms with van der Waals surface area (Å²) in [7, 11) is 0. The van der Waals surface area contributed by atoms with E-state index in [2.05, 4.69) is 0 Å². The predicted octanol–water partition coefficient (Wildman–Crippen LogP) is -7.31. The number of amides is 3. The van der Waals surface area contributed by atoms with Crippen molar-refractivity contribution in [1.82, 2.24) is 4.90 Å². The zero-order valence-electron chi connectivity index (χ0n) is 19.5. The van der Waals surface area contributed by atoms with Crippen molar-refractivity contribution >= 4 is 17.7 Å². The van der Waals surface area contributed by atoms with Crippen LogP contribution in [0.4, 0.5) is 0 Å². The molecule has 3 aliphatic rings. The minimum Gasteiger partial charge on any atom is -0.390 e. The largest absolute Gasteiger partial charge is 0.390 e. The zero-order chi connectivity index (χ0) is 28.2. The maximum absolute atomic E-state index is 13.5. The maximum Gasteiger partial charge on any atom is 0.268 e. The molecule has 12 N–H and O–H groups in total. The Morgan fingerprint density at radius 1 is 0.432 bits per heavy atom. The molecule has 0 aromatic heterocycles. The van der Waals surface area contributed by atoms with Gasteiger partial charge in [-0.15, -0.1) is 0 Å². The van der Waals surface area contributed by atoms with E-state index in [9.17, 15) is 75.7 Å². The summed E-state index contributed by atoms with van der Waals surface area (Å²) in [5.74, 6) is -5.63. The molecule has 212 valence electrons. The van der Waals surface area contributed by atoms with Crippen molar-refractivity contribution in [2.24, 2.45) is 0 Å². The summed E-state index contributed by atoms with van der Waals surface area (Å²) in [5, 5.41) is 122. The van der Waals surface area contributed by atoms with Gasteiger partial charge in [0, 0.05) is 38.5 Å². The number of carbonyl (C=O) groups excluding carboxylic acids is 3. The van der Waals surface area contributed by atoms with Crippen LogP contribution in [0.2, 0.25) is 0 Å². The van der Waals surface area contributed by atoms with Crippen molar-refractivity contribution in [3.63, 3.8) is 0 Å². The quantitative estimate of drug-likeness (QED) is 0.148. The van der Waals surface area contributed by atoms with E-state index in [1.807, 2.05) is 0 Å². The van der Waals surface area contributed by atoms with Gasteiger partial charge >= 0.3 is 0 Å². The molecule has 0 aromatic rings. The Labute approximate surface area is 209 Å². The van der Waals surface area contributed by atoms with Crippen LogP contribution in [0.25, 0.3) is 0 Å². The van der Waals surface area contributed by atoms with E-state index in [-0.39, 0.29) is 0 Å². The number of carbonyl (C=O) groups is 3. The standard InChI is InChI=1S/C21H33NO15/c23-7-1-19(35,2-8(24)13(7)29)16(32)22(17(33)20(36)3-9(25)14(30)10(26)4-20)18(34)21(37)5-11(27)15(31)12(28)6-21/h7-15,23-31,35-37H,1-6H2/t7-,8-,9-,10-,11-,12-,13?,14?,15?,19?,20?,21?/m1/s1. The van der Waals surface area contributed by atoms with Crippen LogP contribution < -0.4 is 0 Å². The molecule has 0 aliphatic heterocycles. The Kier molecular flexibility index (Phi) is 8.19. The van der Waals surface area contributed by atoms with Crippen LogP contribution in [0.1, 0.15) is 38.5 Å². The first-order valence-electron chi connectivity index (χ1n) is 11.6. The lowest BCUT2D eigenvalue weighted by Gasteiger charge is -2.46. The summed E-state index contributed by atoms with van der Waals surface area (Å²) in [5.41, 5.74) is -8.77. The average Bonchev–Trinajstić information content (AvgIpc) is 2.79. The van der Waals surface area contributed by atoms with Gasteiger partial charge in [0.25, 0.3) is 17.7 Å². The van der Waals surface area contributed by atoms with Crippen LogP contribution in [-0.2, 0) is 14.4 Å². The van der Waals surface area contributed by atoms with Crippen molar-refractivity contribution < 1.29 is 75.7 Å². The lowest BCUT2D eigenvalue weighted by Crippen LogP contribution is -2.69. The highest BCUT2D eigenvalue weighted by molar-refractivity contribution is 6.17. The van der Waals surface area contributed by atoms with Crippen molar-refractivity contribution in [3.8, 4) is 0 Å². The fourth-order valence-corrected chi connectivity index (χ4v) is 5.24. The van der Waals surface area contributed by atoms with Crippen LogP contribution in [0, 0.1) is 0 Å². The zero-order valence-corrected chi connectivity index (χ0v) is 19.5. The number of hydrogen-bond donors (Lipinski definition) is 12. The summed E-state index contributed by atoms with van der Waals surface area (Å²) >= 11 is 0. The number of rotatable bonds is 3. The average molecular weight is 539 g/mol. The van der Waals surface area contributed by atoms with E-state index in [4.69, 9.17) is 0 Å². The second kappa shape index (κ2) is 10.1. The van der Waals surface area contributed by atoms with Crippen LogP contribution in [0.3, 0.4) is 0 Å².